The van der Waals surface area contributed by atoms with Crippen molar-refractivity contribution in [1.82, 2.24) is 24.8 Å². The SMILES string of the molecule is c1cc2c(N3CCCCC3)nc(-c3cn[nH]c3)cn2n1. The number of rotatable bonds is 2. The lowest BCUT2D eigenvalue weighted by Crippen LogP contribution is -2.30. The van der Waals surface area contributed by atoms with E-state index in [1.165, 1.54) is 19.3 Å². The van der Waals surface area contributed by atoms with Crippen LogP contribution in [0.15, 0.2) is 30.9 Å². The summed E-state index contributed by atoms with van der Waals surface area (Å²) >= 11 is 0. The molecule has 0 atom stereocenters. The molecular formula is C14H16N6. The molecule has 102 valence electrons. The molecule has 1 aliphatic rings. The standard InChI is InChI=1S/C14H16N6/c1-2-6-19(7-3-1)14-13-4-5-17-20(13)10-12(18-14)11-8-15-16-9-11/h4-5,8-10H,1-3,6-7H2,(H,15,16). The van der Waals surface area contributed by atoms with E-state index in [-0.39, 0.29) is 0 Å². The Bertz CT molecular complexity index is 708. The van der Waals surface area contributed by atoms with Gasteiger partial charge in [0.25, 0.3) is 0 Å². The zero-order valence-corrected chi connectivity index (χ0v) is 11.2. The number of hydrogen-bond acceptors (Lipinski definition) is 4. The lowest BCUT2D eigenvalue weighted by Gasteiger charge is -2.28. The van der Waals surface area contributed by atoms with Crippen molar-refractivity contribution in [3.8, 4) is 11.3 Å². The molecule has 0 saturated carbocycles. The van der Waals surface area contributed by atoms with Crippen LogP contribution in [0.3, 0.4) is 0 Å². The molecule has 0 unspecified atom stereocenters. The van der Waals surface area contributed by atoms with E-state index in [9.17, 15) is 0 Å². The summed E-state index contributed by atoms with van der Waals surface area (Å²) in [5, 5.41) is 11.2. The number of nitrogens with zero attached hydrogens (tertiary/aromatic N) is 5. The Balaban J connectivity index is 1.86. The summed E-state index contributed by atoms with van der Waals surface area (Å²) in [6.07, 6.45) is 11.2. The monoisotopic (exact) mass is 268 g/mol. The second-order valence-electron chi connectivity index (χ2n) is 5.15. The first-order chi connectivity index (χ1) is 9.92. The molecule has 1 fully saturated rings. The van der Waals surface area contributed by atoms with Gasteiger partial charge in [0.2, 0.25) is 0 Å². The zero-order valence-electron chi connectivity index (χ0n) is 11.2. The smallest absolute Gasteiger partial charge is 0.155 e. The van der Waals surface area contributed by atoms with Crippen LogP contribution in [0, 0.1) is 0 Å². The minimum atomic E-state index is 0.899. The molecule has 1 saturated heterocycles. The summed E-state index contributed by atoms with van der Waals surface area (Å²) < 4.78 is 1.90. The molecule has 0 radical (unpaired) electrons. The van der Waals surface area contributed by atoms with Crippen LogP contribution in [0.5, 0.6) is 0 Å². The fourth-order valence-electron chi connectivity index (χ4n) is 2.78. The van der Waals surface area contributed by atoms with Gasteiger partial charge in [-0.1, -0.05) is 0 Å². The molecule has 6 nitrogen and oxygen atoms in total. The molecule has 1 N–H and O–H groups in total. The van der Waals surface area contributed by atoms with Gasteiger partial charge < -0.3 is 4.90 Å². The Hall–Kier alpha value is -2.37. The lowest BCUT2D eigenvalue weighted by molar-refractivity contribution is 0.574. The summed E-state index contributed by atoms with van der Waals surface area (Å²) in [7, 11) is 0. The van der Waals surface area contributed by atoms with Gasteiger partial charge in [0, 0.05) is 24.8 Å². The average Bonchev–Trinajstić information content (AvgIpc) is 3.18. The highest BCUT2D eigenvalue weighted by atomic mass is 15.3. The molecule has 1 aliphatic heterocycles. The summed E-state index contributed by atoms with van der Waals surface area (Å²) in [6.45, 7) is 2.14. The van der Waals surface area contributed by atoms with Crippen LogP contribution < -0.4 is 4.90 Å². The van der Waals surface area contributed by atoms with Crippen molar-refractivity contribution in [2.45, 2.75) is 19.3 Å². The van der Waals surface area contributed by atoms with Gasteiger partial charge in [-0.25, -0.2) is 9.50 Å². The maximum absolute atomic E-state index is 4.84. The van der Waals surface area contributed by atoms with Gasteiger partial charge in [0.1, 0.15) is 5.52 Å². The highest BCUT2D eigenvalue weighted by Crippen LogP contribution is 2.26. The van der Waals surface area contributed by atoms with Crippen LogP contribution in [-0.4, -0.2) is 37.9 Å². The fourth-order valence-corrected chi connectivity index (χ4v) is 2.78. The Labute approximate surface area is 116 Å². The van der Waals surface area contributed by atoms with Crippen molar-refractivity contribution < 1.29 is 0 Å². The maximum Gasteiger partial charge on any atom is 0.155 e. The van der Waals surface area contributed by atoms with Gasteiger partial charge in [-0.15, -0.1) is 0 Å². The van der Waals surface area contributed by atoms with Crippen LogP contribution in [0.1, 0.15) is 19.3 Å². The van der Waals surface area contributed by atoms with E-state index >= 15 is 0 Å². The number of nitrogens with one attached hydrogen (secondary N) is 1. The summed E-state index contributed by atoms with van der Waals surface area (Å²) in [5.74, 6) is 1.03. The zero-order chi connectivity index (χ0) is 13.4. The first kappa shape index (κ1) is 11.5. The third-order valence-corrected chi connectivity index (χ3v) is 3.82. The van der Waals surface area contributed by atoms with Crippen molar-refractivity contribution >= 4 is 11.3 Å². The number of hydrogen-bond donors (Lipinski definition) is 1. The molecule has 4 rings (SSSR count). The molecule has 0 aliphatic carbocycles. The normalized spacial score (nSPS) is 15.9. The molecule has 0 bridgehead atoms. The number of piperidine rings is 1. The third kappa shape index (κ3) is 1.84. The molecule has 6 heteroatoms. The number of fused-ring (bicyclic) bond motifs is 1. The van der Waals surface area contributed by atoms with E-state index < -0.39 is 0 Å². The second-order valence-corrected chi connectivity index (χ2v) is 5.15. The van der Waals surface area contributed by atoms with Crippen molar-refractivity contribution in [2.75, 3.05) is 18.0 Å². The molecule has 4 heterocycles. The maximum atomic E-state index is 4.84. The van der Waals surface area contributed by atoms with Gasteiger partial charge >= 0.3 is 0 Å². The van der Waals surface area contributed by atoms with E-state index in [4.69, 9.17) is 4.98 Å². The predicted molar refractivity (Wildman–Crippen MR) is 76.6 cm³/mol. The quantitative estimate of drug-likeness (QED) is 0.773. The van der Waals surface area contributed by atoms with Gasteiger partial charge in [-0.2, -0.15) is 10.2 Å². The topological polar surface area (TPSA) is 62.1 Å². The Morgan fingerprint density at radius 3 is 2.85 bits per heavy atom. The third-order valence-electron chi connectivity index (χ3n) is 3.82. The van der Waals surface area contributed by atoms with Gasteiger partial charge in [0.05, 0.1) is 24.3 Å². The first-order valence-electron chi connectivity index (χ1n) is 7.00. The molecular weight excluding hydrogens is 252 g/mol. The highest BCUT2D eigenvalue weighted by Gasteiger charge is 2.17. The van der Waals surface area contributed by atoms with Gasteiger partial charge in [0.15, 0.2) is 5.82 Å². The van der Waals surface area contributed by atoms with Crippen molar-refractivity contribution in [3.05, 3.63) is 30.9 Å². The molecule has 0 aromatic carbocycles. The molecule has 3 aromatic rings. The largest absolute Gasteiger partial charge is 0.355 e. The Kier molecular flexibility index (Phi) is 2.65. The van der Waals surface area contributed by atoms with Crippen molar-refractivity contribution in [3.63, 3.8) is 0 Å². The fraction of sp³-hybridized carbons (Fsp3) is 0.357. The number of aromatic amines is 1. The highest BCUT2D eigenvalue weighted by molar-refractivity contribution is 5.72. The molecule has 20 heavy (non-hydrogen) atoms. The van der Waals surface area contributed by atoms with E-state index in [0.29, 0.717) is 0 Å². The van der Waals surface area contributed by atoms with E-state index in [1.807, 2.05) is 29.2 Å². The van der Waals surface area contributed by atoms with Crippen molar-refractivity contribution in [1.29, 1.82) is 0 Å². The molecule has 0 amide bonds. The summed E-state index contributed by atoms with van der Waals surface area (Å²) in [5.41, 5.74) is 2.95. The van der Waals surface area contributed by atoms with E-state index in [1.54, 1.807) is 6.20 Å². The van der Waals surface area contributed by atoms with Crippen LogP contribution in [0.25, 0.3) is 16.8 Å². The minimum Gasteiger partial charge on any atom is -0.355 e. The van der Waals surface area contributed by atoms with Crippen LogP contribution >= 0.6 is 0 Å². The van der Waals surface area contributed by atoms with Gasteiger partial charge in [-0.05, 0) is 25.3 Å². The lowest BCUT2D eigenvalue weighted by atomic mass is 10.1. The number of aromatic nitrogens is 5. The van der Waals surface area contributed by atoms with E-state index in [2.05, 4.69) is 20.2 Å². The summed E-state index contributed by atoms with van der Waals surface area (Å²) in [4.78, 5) is 7.21. The molecule has 3 aromatic heterocycles. The van der Waals surface area contributed by atoms with Gasteiger partial charge in [-0.3, -0.25) is 5.10 Å². The Morgan fingerprint density at radius 1 is 1.15 bits per heavy atom. The minimum absolute atomic E-state index is 0.899. The van der Waals surface area contributed by atoms with Crippen LogP contribution in [0.4, 0.5) is 5.82 Å². The van der Waals surface area contributed by atoms with Crippen LogP contribution in [-0.2, 0) is 0 Å². The average molecular weight is 268 g/mol. The molecule has 0 spiro atoms. The van der Waals surface area contributed by atoms with Crippen LogP contribution in [0.2, 0.25) is 0 Å². The Morgan fingerprint density at radius 2 is 2.05 bits per heavy atom. The van der Waals surface area contributed by atoms with E-state index in [0.717, 1.165) is 35.7 Å². The number of anilines is 1. The summed E-state index contributed by atoms with van der Waals surface area (Å²) in [6, 6.07) is 2.02. The predicted octanol–water partition coefficient (Wildman–Crippen LogP) is 2.11. The number of H-pyrrole nitrogens is 1. The first-order valence-corrected chi connectivity index (χ1v) is 7.00. The second kappa shape index (κ2) is 4.63. The van der Waals surface area contributed by atoms with Crippen molar-refractivity contribution in [2.24, 2.45) is 0 Å².